The highest BCUT2D eigenvalue weighted by atomic mass is 15.0. The van der Waals surface area contributed by atoms with Crippen LogP contribution < -0.4 is 5.32 Å². The van der Waals surface area contributed by atoms with E-state index in [1.807, 2.05) is 0 Å². The van der Waals surface area contributed by atoms with E-state index in [1.54, 1.807) is 0 Å². The van der Waals surface area contributed by atoms with Crippen LogP contribution in [0.2, 0.25) is 0 Å². The van der Waals surface area contributed by atoms with Crippen LogP contribution in [0.1, 0.15) is 43.4 Å². The molecule has 0 fully saturated rings. The molecule has 0 saturated heterocycles. The molecule has 1 aliphatic rings. The van der Waals surface area contributed by atoms with Crippen LogP contribution in [0.5, 0.6) is 0 Å². The largest absolute Gasteiger partial charge is 0.306 e. The third-order valence-electron chi connectivity index (χ3n) is 3.43. The third kappa shape index (κ3) is 2.28. The van der Waals surface area contributed by atoms with Crippen LogP contribution in [0, 0.1) is 12.3 Å². The summed E-state index contributed by atoms with van der Waals surface area (Å²) in [6.45, 7) is 2.19. The maximum atomic E-state index is 5.38. The Morgan fingerprint density at radius 2 is 2.31 bits per heavy atom. The van der Waals surface area contributed by atoms with Crippen molar-refractivity contribution < 1.29 is 0 Å². The van der Waals surface area contributed by atoms with Crippen molar-refractivity contribution in [1.82, 2.24) is 5.32 Å². The minimum atomic E-state index is 0.459. The van der Waals surface area contributed by atoms with Gasteiger partial charge in [0, 0.05) is 18.5 Å². The smallest absolute Gasteiger partial charge is 0.0328 e. The minimum Gasteiger partial charge on any atom is -0.306 e. The Bertz CT molecular complexity index is 389. The molecule has 16 heavy (non-hydrogen) atoms. The average Bonchev–Trinajstić information content (AvgIpc) is 2.72. The van der Waals surface area contributed by atoms with Gasteiger partial charge >= 0.3 is 0 Å². The second-order valence-electron chi connectivity index (χ2n) is 4.47. The summed E-state index contributed by atoms with van der Waals surface area (Å²) in [7, 11) is 0. The molecule has 1 aliphatic carbocycles. The van der Waals surface area contributed by atoms with Crippen molar-refractivity contribution in [2.75, 3.05) is 0 Å². The highest BCUT2D eigenvalue weighted by Gasteiger charge is 2.23. The molecule has 0 aromatic heterocycles. The molecule has 84 valence electrons. The van der Waals surface area contributed by atoms with Crippen molar-refractivity contribution in [3.8, 4) is 12.3 Å². The summed E-state index contributed by atoms with van der Waals surface area (Å²) in [6, 6.07) is 9.69. The van der Waals surface area contributed by atoms with Gasteiger partial charge in [-0.3, -0.25) is 0 Å². The highest BCUT2D eigenvalue weighted by molar-refractivity contribution is 5.34. The number of aryl methyl sites for hydroxylation is 1. The van der Waals surface area contributed by atoms with E-state index in [9.17, 15) is 0 Å². The van der Waals surface area contributed by atoms with E-state index in [2.05, 4.69) is 42.4 Å². The van der Waals surface area contributed by atoms with Crippen LogP contribution in [0.3, 0.4) is 0 Å². The van der Waals surface area contributed by atoms with Crippen molar-refractivity contribution >= 4 is 0 Å². The Kier molecular flexibility index (Phi) is 3.64. The molecular formula is C15H19N. The Labute approximate surface area is 98.3 Å². The van der Waals surface area contributed by atoms with E-state index in [0.717, 1.165) is 12.8 Å². The molecule has 1 aromatic carbocycles. The van der Waals surface area contributed by atoms with E-state index in [-0.39, 0.29) is 0 Å². The molecule has 2 unspecified atom stereocenters. The number of rotatable bonds is 4. The van der Waals surface area contributed by atoms with Crippen LogP contribution in [-0.2, 0) is 6.42 Å². The lowest BCUT2D eigenvalue weighted by Gasteiger charge is -2.21. The lowest BCUT2D eigenvalue weighted by atomic mass is 10.1. The number of nitrogens with one attached hydrogen (secondary N) is 1. The van der Waals surface area contributed by atoms with Gasteiger partial charge in [0.2, 0.25) is 0 Å². The molecule has 0 heterocycles. The molecule has 1 N–H and O–H groups in total. The van der Waals surface area contributed by atoms with Crippen molar-refractivity contribution in [3.05, 3.63) is 35.4 Å². The van der Waals surface area contributed by atoms with Crippen LogP contribution in [0.4, 0.5) is 0 Å². The fourth-order valence-corrected chi connectivity index (χ4v) is 2.48. The SMILES string of the molecule is C#CCC(CC)NC1CCc2ccccc21. The van der Waals surface area contributed by atoms with E-state index >= 15 is 0 Å². The molecule has 0 radical (unpaired) electrons. The summed E-state index contributed by atoms with van der Waals surface area (Å²) < 4.78 is 0. The summed E-state index contributed by atoms with van der Waals surface area (Å²) >= 11 is 0. The Hall–Kier alpha value is -1.26. The van der Waals surface area contributed by atoms with Crippen molar-refractivity contribution in [1.29, 1.82) is 0 Å². The zero-order chi connectivity index (χ0) is 11.4. The Morgan fingerprint density at radius 3 is 3.06 bits per heavy atom. The van der Waals surface area contributed by atoms with Gasteiger partial charge in [0.05, 0.1) is 0 Å². The third-order valence-corrected chi connectivity index (χ3v) is 3.43. The lowest BCUT2D eigenvalue weighted by molar-refractivity contribution is 0.427. The summed E-state index contributed by atoms with van der Waals surface area (Å²) in [5.41, 5.74) is 2.97. The van der Waals surface area contributed by atoms with E-state index in [1.165, 1.54) is 24.0 Å². The molecule has 2 rings (SSSR count). The van der Waals surface area contributed by atoms with Crippen molar-refractivity contribution in [2.24, 2.45) is 0 Å². The monoisotopic (exact) mass is 213 g/mol. The van der Waals surface area contributed by atoms with Gasteiger partial charge in [-0.1, -0.05) is 31.2 Å². The van der Waals surface area contributed by atoms with Crippen LogP contribution in [0.15, 0.2) is 24.3 Å². The zero-order valence-electron chi connectivity index (χ0n) is 9.87. The highest BCUT2D eigenvalue weighted by Crippen LogP contribution is 2.31. The van der Waals surface area contributed by atoms with Gasteiger partial charge in [0.15, 0.2) is 0 Å². The molecule has 0 saturated carbocycles. The summed E-state index contributed by atoms with van der Waals surface area (Å²) in [4.78, 5) is 0. The second-order valence-corrected chi connectivity index (χ2v) is 4.47. The predicted molar refractivity (Wildman–Crippen MR) is 68.2 cm³/mol. The number of benzene rings is 1. The summed E-state index contributed by atoms with van der Waals surface area (Å²) in [5, 5.41) is 3.68. The molecule has 2 atom stereocenters. The van der Waals surface area contributed by atoms with Crippen molar-refractivity contribution in [3.63, 3.8) is 0 Å². The van der Waals surface area contributed by atoms with Gasteiger partial charge < -0.3 is 5.32 Å². The van der Waals surface area contributed by atoms with E-state index in [4.69, 9.17) is 6.42 Å². The first-order valence-electron chi connectivity index (χ1n) is 6.12. The Balaban J connectivity index is 2.05. The van der Waals surface area contributed by atoms with Gasteiger partial charge in [0.25, 0.3) is 0 Å². The van der Waals surface area contributed by atoms with Crippen LogP contribution in [-0.4, -0.2) is 6.04 Å². The van der Waals surface area contributed by atoms with E-state index in [0.29, 0.717) is 12.1 Å². The first kappa shape index (κ1) is 11.2. The molecule has 0 bridgehead atoms. The number of fused-ring (bicyclic) bond motifs is 1. The van der Waals surface area contributed by atoms with Crippen molar-refractivity contribution in [2.45, 2.75) is 44.7 Å². The van der Waals surface area contributed by atoms with Gasteiger partial charge in [-0.2, -0.15) is 0 Å². The molecule has 0 amide bonds. The summed E-state index contributed by atoms with van der Waals surface area (Å²) in [5.74, 6) is 2.75. The minimum absolute atomic E-state index is 0.459. The van der Waals surface area contributed by atoms with Crippen LogP contribution in [0.25, 0.3) is 0 Å². The first-order chi connectivity index (χ1) is 7.85. The standard InChI is InChI=1S/C15H19N/c1-3-7-13(4-2)16-15-11-10-12-8-5-6-9-14(12)15/h1,5-6,8-9,13,15-16H,4,7,10-11H2,2H3. The number of hydrogen-bond donors (Lipinski definition) is 1. The number of hydrogen-bond acceptors (Lipinski definition) is 1. The Morgan fingerprint density at radius 1 is 1.50 bits per heavy atom. The topological polar surface area (TPSA) is 12.0 Å². The van der Waals surface area contributed by atoms with Gasteiger partial charge in [-0.25, -0.2) is 0 Å². The first-order valence-corrected chi connectivity index (χ1v) is 6.12. The van der Waals surface area contributed by atoms with Gasteiger partial charge in [-0.15, -0.1) is 12.3 Å². The quantitative estimate of drug-likeness (QED) is 0.758. The van der Waals surface area contributed by atoms with Gasteiger partial charge in [0.1, 0.15) is 0 Å². The second kappa shape index (κ2) is 5.18. The molecular weight excluding hydrogens is 194 g/mol. The van der Waals surface area contributed by atoms with Gasteiger partial charge in [-0.05, 0) is 30.4 Å². The van der Waals surface area contributed by atoms with Crippen LogP contribution >= 0.6 is 0 Å². The fraction of sp³-hybridized carbons (Fsp3) is 0.467. The number of terminal acetylenes is 1. The normalized spacial score (nSPS) is 20.1. The molecule has 1 aromatic rings. The molecule has 0 aliphatic heterocycles. The maximum Gasteiger partial charge on any atom is 0.0328 e. The predicted octanol–water partition coefficient (Wildman–Crippen LogP) is 3.07. The van der Waals surface area contributed by atoms with E-state index < -0.39 is 0 Å². The fourth-order valence-electron chi connectivity index (χ4n) is 2.48. The zero-order valence-corrected chi connectivity index (χ0v) is 9.87. The molecule has 0 spiro atoms. The molecule has 1 heteroatoms. The molecule has 1 nitrogen and oxygen atoms in total. The summed E-state index contributed by atoms with van der Waals surface area (Å²) in [6.07, 6.45) is 9.72. The maximum absolute atomic E-state index is 5.38. The average molecular weight is 213 g/mol. The lowest BCUT2D eigenvalue weighted by Crippen LogP contribution is -2.31.